The van der Waals surface area contributed by atoms with E-state index in [0.717, 1.165) is 36.8 Å². The quantitative estimate of drug-likeness (QED) is 0.873. The van der Waals surface area contributed by atoms with Crippen molar-refractivity contribution < 1.29 is 9.18 Å². The summed E-state index contributed by atoms with van der Waals surface area (Å²) in [5.41, 5.74) is 7.89. The number of carbonyl (C=O) groups excluding carboxylic acids is 1. The molecule has 0 radical (unpaired) electrons. The maximum absolute atomic E-state index is 13.0. The summed E-state index contributed by atoms with van der Waals surface area (Å²) in [5, 5.41) is 2.93. The number of nitrogens with one attached hydrogen (secondary N) is 1. The summed E-state index contributed by atoms with van der Waals surface area (Å²) in [7, 11) is 0. The number of hydrogen-bond donors (Lipinski definition) is 2. The van der Waals surface area contributed by atoms with Crippen LogP contribution in [0.25, 0.3) is 0 Å². The van der Waals surface area contributed by atoms with Gasteiger partial charge in [-0.1, -0.05) is 12.5 Å². The minimum absolute atomic E-state index is 0.00700. The van der Waals surface area contributed by atoms with Crippen LogP contribution in [0.2, 0.25) is 0 Å². The number of carbonyl (C=O) groups is 1. The molecule has 0 aliphatic heterocycles. The van der Waals surface area contributed by atoms with E-state index in [2.05, 4.69) is 5.32 Å². The van der Waals surface area contributed by atoms with Crippen LogP contribution in [0.3, 0.4) is 0 Å². The molecule has 1 saturated carbocycles. The van der Waals surface area contributed by atoms with Gasteiger partial charge in [0, 0.05) is 12.6 Å². The molecule has 1 amide bonds. The highest BCUT2D eigenvalue weighted by atomic mass is 19.1. The Morgan fingerprint density at radius 1 is 1.47 bits per heavy atom. The van der Waals surface area contributed by atoms with Crippen LogP contribution in [-0.4, -0.2) is 18.5 Å². The molecule has 2 atom stereocenters. The largest absolute Gasteiger partial charge is 0.355 e. The Kier molecular flexibility index (Phi) is 4.53. The Balaban J connectivity index is 1.81. The van der Waals surface area contributed by atoms with Gasteiger partial charge in [0.2, 0.25) is 5.91 Å². The van der Waals surface area contributed by atoms with Crippen molar-refractivity contribution >= 4 is 5.91 Å². The first-order chi connectivity index (χ1) is 9.08. The van der Waals surface area contributed by atoms with Crippen LogP contribution >= 0.6 is 0 Å². The molecule has 0 saturated heterocycles. The number of benzene rings is 1. The fourth-order valence-electron chi connectivity index (χ4n) is 2.71. The highest BCUT2D eigenvalue weighted by molar-refractivity contribution is 5.79. The van der Waals surface area contributed by atoms with Gasteiger partial charge in [-0.05, 0) is 49.4 Å². The second kappa shape index (κ2) is 6.15. The number of nitrogens with two attached hydrogens (primary N) is 1. The van der Waals surface area contributed by atoms with Crippen molar-refractivity contribution in [2.24, 2.45) is 11.7 Å². The SMILES string of the molecule is Cc1cc(F)ccc1CCNC(=O)C1CCCC1N. The third-order valence-corrected chi connectivity index (χ3v) is 3.90. The molecule has 3 nitrogen and oxygen atoms in total. The van der Waals surface area contributed by atoms with Gasteiger partial charge >= 0.3 is 0 Å². The van der Waals surface area contributed by atoms with Crippen LogP contribution in [0.5, 0.6) is 0 Å². The van der Waals surface area contributed by atoms with Crippen LogP contribution in [0, 0.1) is 18.7 Å². The Morgan fingerprint density at radius 2 is 2.26 bits per heavy atom. The second-order valence-corrected chi connectivity index (χ2v) is 5.31. The molecule has 2 unspecified atom stereocenters. The van der Waals surface area contributed by atoms with Crippen LogP contribution in [0.4, 0.5) is 4.39 Å². The monoisotopic (exact) mass is 264 g/mol. The maximum Gasteiger partial charge on any atom is 0.224 e. The molecule has 104 valence electrons. The van der Waals surface area contributed by atoms with Crippen molar-refractivity contribution in [3.05, 3.63) is 35.1 Å². The van der Waals surface area contributed by atoms with Gasteiger partial charge in [0.1, 0.15) is 5.82 Å². The van der Waals surface area contributed by atoms with E-state index in [1.54, 1.807) is 6.07 Å². The molecule has 0 spiro atoms. The van der Waals surface area contributed by atoms with Gasteiger partial charge < -0.3 is 11.1 Å². The summed E-state index contributed by atoms with van der Waals surface area (Å²) < 4.78 is 13.0. The fraction of sp³-hybridized carbons (Fsp3) is 0.533. The van der Waals surface area contributed by atoms with Crippen molar-refractivity contribution in [2.75, 3.05) is 6.54 Å². The van der Waals surface area contributed by atoms with E-state index in [4.69, 9.17) is 5.73 Å². The lowest BCUT2D eigenvalue weighted by atomic mass is 10.0. The first kappa shape index (κ1) is 14.0. The van der Waals surface area contributed by atoms with E-state index in [1.165, 1.54) is 12.1 Å². The van der Waals surface area contributed by atoms with Gasteiger partial charge in [0.25, 0.3) is 0 Å². The highest BCUT2D eigenvalue weighted by Gasteiger charge is 2.29. The van der Waals surface area contributed by atoms with Crippen molar-refractivity contribution in [3.8, 4) is 0 Å². The van der Waals surface area contributed by atoms with Crippen molar-refractivity contribution in [1.82, 2.24) is 5.32 Å². The maximum atomic E-state index is 13.0. The Hall–Kier alpha value is -1.42. The second-order valence-electron chi connectivity index (χ2n) is 5.31. The van der Waals surface area contributed by atoms with Crippen molar-refractivity contribution in [3.63, 3.8) is 0 Å². The van der Waals surface area contributed by atoms with Crippen LogP contribution in [-0.2, 0) is 11.2 Å². The minimum Gasteiger partial charge on any atom is -0.355 e. The molecule has 2 rings (SSSR count). The number of halogens is 1. The van der Waals surface area contributed by atoms with Crippen molar-refractivity contribution in [1.29, 1.82) is 0 Å². The predicted octanol–water partition coefficient (Wildman–Crippen LogP) is 1.92. The van der Waals surface area contributed by atoms with Gasteiger partial charge in [-0.15, -0.1) is 0 Å². The lowest BCUT2D eigenvalue weighted by Gasteiger charge is -2.15. The van der Waals surface area contributed by atoms with Gasteiger partial charge in [-0.2, -0.15) is 0 Å². The number of hydrogen-bond acceptors (Lipinski definition) is 2. The van der Waals surface area contributed by atoms with E-state index in [9.17, 15) is 9.18 Å². The third-order valence-electron chi connectivity index (χ3n) is 3.90. The fourth-order valence-corrected chi connectivity index (χ4v) is 2.71. The summed E-state index contributed by atoms with van der Waals surface area (Å²) >= 11 is 0. The van der Waals surface area contributed by atoms with Crippen LogP contribution < -0.4 is 11.1 Å². The number of amides is 1. The van der Waals surface area contributed by atoms with Gasteiger partial charge in [0.05, 0.1) is 5.92 Å². The predicted molar refractivity (Wildman–Crippen MR) is 73.2 cm³/mol. The van der Waals surface area contributed by atoms with E-state index in [0.29, 0.717) is 6.54 Å². The van der Waals surface area contributed by atoms with Crippen LogP contribution in [0.15, 0.2) is 18.2 Å². The molecule has 3 N–H and O–H groups in total. The molecule has 0 heterocycles. The first-order valence-electron chi connectivity index (χ1n) is 6.86. The highest BCUT2D eigenvalue weighted by Crippen LogP contribution is 2.23. The zero-order valence-corrected chi connectivity index (χ0v) is 11.3. The summed E-state index contributed by atoms with van der Waals surface area (Å²) in [6.45, 7) is 2.46. The van der Waals surface area contributed by atoms with Gasteiger partial charge in [-0.25, -0.2) is 4.39 Å². The average molecular weight is 264 g/mol. The van der Waals surface area contributed by atoms with E-state index in [-0.39, 0.29) is 23.7 Å². The Bertz CT molecular complexity index is 461. The molecule has 0 aromatic heterocycles. The Labute approximate surface area is 113 Å². The molecular formula is C15H21FN2O. The smallest absolute Gasteiger partial charge is 0.224 e. The summed E-state index contributed by atoms with van der Waals surface area (Å²) in [6.07, 6.45) is 3.59. The van der Waals surface area contributed by atoms with Gasteiger partial charge in [-0.3, -0.25) is 4.79 Å². The lowest BCUT2D eigenvalue weighted by Crippen LogP contribution is -2.39. The van der Waals surface area contributed by atoms with E-state index >= 15 is 0 Å². The molecule has 0 bridgehead atoms. The zero-order valence-electron chi connectivity index (χ0n) is 11.3. The molecule has 1 aromatic rings. The number of rotatable bonds is 4. The molecule has 1 aliphatic rings. The summed E-state index contributed by atoms with van der Waals surface area (Å²) in [5.74, 6) is -0.193. The Morgan fingerprint density at radius 3 is 2.89 bits per heavy atom. The number of aryl methyl sites for hydroxylation is 1. The molecule has 1 fully saturated rings. The summed E-state index contributed by atoms with van der Waals surface area (Å²) in [6, 6.07) is 4.76. The van der Waals surface area contributed by atoms with Crippen LogP contribution in [0.1, 0.15) is 30.4 Å². The minimum atomic E-state index is -0.220. The first-order valence-corrected chi connectivity index (χ1v) is 6.86. The molecular weight excluding hydrogens is 243 g/mol. The molecule has 19 heavy (non-hydrogen) atoms. The van der Waals surface area contributed by atoms with E-state index < -0.39 is 0 Å². The normalized spacial score (nSPS) is 22.5. The standard InChI is InChI=1S/C15H21FN2O/c1-10-9-12(16)6-5-11(10)7-8-18-15(19)13-3-2-4-14(13)17/h5-6,9,13-14H,2-4,7-8,17H2,1H3,(H,18,19). The van der Waals surface area contributed by atoms with Crippen molar-refractivity contribution in [2.45, 2.75) is 38.6 Å². The zero-order chi connectivity index (χ0) is 13.8. The average Bonchev–Trinajstić information content (AvgIpc) is 2.78. The summed E-state index contributed by atoms with van der Waals surface area (Å²) in [4.78, 5) is 11.9. The van der Waals surface area contributed by atoms with Gasteiger partial charge in [0.15, 0.2) is 0 Å². The van der Waals surface area contributed by atoms with E-state index in [1.807, 2.05) is 6.92 Å². The lowest BCUT2D eigenvalue weighted by molar-refractivity contribution is -0.125. The molecule has 4 heteroatoms. The molecule has 1 aliphatic carbocycles. The third kappa shape index (κ3) is 3.53. The molecule has 1 aromatic carbocycles. The topological polar surface area (TPSA) is 55.1 Å².